The summed E-state index contributed by atoms with van der Waals surface area (Å²) < 4.78 is 1.71. The predicted molar refractivity (Wildman–Crippen MR) is 92.2 cm³/mol. The number of thiazole rings is 1. The van der Waals surface area contributed by atoms with Gasteiger partial charge in [0.2, 0.25) is 4.96 Å². The molecule has 0 aromatic carbocycles. The summed E-state index contributed by atoms with van der Waals surface area (Å²) >= 11 is 4.55. The van der Waals surface area contributed by atoms with E-state index in [9.17, 15) is 4.79 Å². The first kappa shape index (κ1) is 14.5. The fraction of sp³-hybridized carbons (Fsp3) is 0.143. The lowest BCUT2D eigenvalue weighted by Crippen LogP contribution is -2.27. The average molecular weight is 361 g/mol. The van der Waals surface area contributed by atoms with Crippen molar-refractivity contribution in [2.45, 2.75) is 13.0 Å². The number of imidazole rings is 1. The highest BCUT2D eigenvalue weighted by atomic mass is 32.1. The second-order valence-corrected chi connectivity index (χ2v) is 7.46. The van der Waals surface area contributed by atoms with E-state index in [1.54, 1.807) is 26.7 Å². The molecule has 4 aromatic heterocycles. The van der Waals surface area contributed by atoms with Crippen LogP contribution >= 0.6 is 34.0 Å². The second-order valence-electron chi connectivity index (χ2n) is 4.84. The molecule has 1 atom stereocenters. The SMILES string of the molecule is CC(NC(=O)c1csc(-c2cccs2)n1)c1cn2ncsc2n1. The number of hydrogen-bond acceptors (Lipinski definition) is 7. The van der Waals surface area contributed by atoms with Gasteiger partial charge < -0.3 is 5.32 Å². The molecule has 0 aliphatic heterocycles. The minimum Gasteiger partial charge on any atom is -0.343 e. The van der Waals surface area contributed by atoms with Gasteiger partial charge in [0.05, 0.1) is 22.8 Å². The Kier molecular flexibility index (Phi) is 3.68. The first-order valence-corrected chi connectivity index (χ1v) is 9.43. The zero-order chi connectivity index (χ0) is 15.8. The number of hydrogen-bond donors (Lipinski definition) is 1. The highest BCUT2D eigenvalue weighted by Gasteiger charge is 2.17. The quantitative estimate of drug-likeness (QED) is 0.604. The molecular formula is C14H11N5OS3. The van der Waals surface area contributed by atoms with Crippen LogP contribution < -0.4 is 5.32 Å². The van der Waals surface area contributed by atoms with Crippen molar-refractivity contribution in [2.75, 3.05) is 0 Å². The molecule has 1 N–H and O–H groups in total. The van der Waals surface area contributed by atoms with Gasteiger partial charge in [-0.1, -0.05) is 17.4 Å². The molecule has 1 amide bonds. The molecular weight excluding hydrogens is 350 g/mol. The van der Waals surface area contributed by atoms with E-state index in [4.69, 9.17) is 0 Å². The molecule has 4 rings (SSSR count). The smallest absolute Gasteiger partial charge is 0.271 e. The number of thiophene rings is 1. The average Bonchev–Trinajstić information content (AvgIpc) is 3.28. The molecule has 0 bridgehead atoms. The van der Waals surface area contributed by atoms with Gasteiger partial charge in [0.25, 0.3) is 5.91 Å². The molecule has 9 heteroatoms. The van der Waals surface area contributed by atoms with Crippen molar-refractivity contribution in [3.63, 3.8) is 0 Å². The summed E-state index contributed by atoms with van der Waals surface area (Å²) in [6.45, 7) is 1.90. The Balaban J connectivity index is 1.50. The minimum atomic E-state index is -0.205. The summed E-state index contributed by atoms with van der Waals surface area (Å²) in [5, 5.41) is 11.7. The fourth-order valence-corrected chi connectivity index (χ4v) is 4.32. The number of rotatable bonds is 4. The molecule has 116 valence electrons. The van der Waals surface area contributed by atoms with Gasteiger partial charge in [-0.15, -0.1) is 22.7 Å². The Bertz CT molecular complexity index is 924. The maximum Gasteiger partial charge on any atom is 0.271 e. The van der Waals surface area contributed by atoms with Crippen LogP contribution in [-0.2, 0) is 0 Å². The van der Waals surface area contributed by atoms with Crippen molar-refractivity contribution in [1.82, 2.24) is 24.9 Å². The third-order valence-electron chi connectivity index (χ3n) is 3.26. The van der Waals surface area contributed by atoms with E-state index in [1.165, 1.54) is 22.7 Å². The van der Waals surface area contributed by atoms with Crippen LogP contribution in [0.2, 0.25) is 0 Å². The van der Waals surface area contributed by atoms with Gasteiger partial charge in [-0.25, -0.2) is 14.5 Å². The number of fused-ring (bicyclic) bond motifs is 1. The van der Waals surface area contributed by atoms with Crippen molar-refractivity contribution in [3.05, 3.63) is 46.0 Å². The van der Waals surface area contributed by atoms with Crippen LogP contribution in [0.1, 0.15) is 29.1 Å². The molecule has 0 spiro atoms. The van der Waals surface area contributed by atoms with Crippen LogP contribution in [0.15, 0.2) is 34.6 Å². The summed E-state index contributed by atoms with van der Waals surface area (Å²) in [6.07, 6.45) is 1.83. The first-order chi connectivity index (χ1) is 11.2. The molecule has 4 aromatic rings. The molecule has 0 saturated heterocycles. The third-order valence-corrected chi connectivity index (χ3v) is 5.84. The normalized spacial score (nSPS) is 12.6. The third kappa shape index (κ3) is 2.78. The maximum absolute atomic E-state index is 12.4. The molecule has 1 unspecified atom stereocenters. The van der Waals surface area contributed by atoms with Crippen LogP contribution in [-0.4, -0.2) is 25.5 Å². The van der Waals surface area contributed by atoms with E-state index in [0.29, 0.717) is 5.69 Å². The van der Waals surface area contributed by atoms with Gasteiger partial charge in [-0.05, 0) is 18.4 Å². The number of carbonyl (C=O) groups is 1. The Morgan fingerprint density at radius 2 is 2.22 bits per heavy atom. The molecule has 0 aliphatic rings. The minimum absolute atomic E-state index is 0.194. The van der Waals surface area contributed by atoms with Gasteiger partial charge in [-0.2, -0.15) is 5.10 Å². The molecule has 0 aliphatic carbocycles. The van der Waals surface area contributed by atoms with E-state index in [1.807, 2.05) is 30.6 Å². The zero-order valence-electron chi connectivity index (χ0n) is 12.0. The highest BCUT2D eigenvalue weighted by molar-refractivity contribution is 7.20. The Morgan fingerprint density at radius 3 is 3.00 bits per heavy atom. The summed E-state index contributed by atoms with van der Waals surface area (Å²) in [6, 6.07) is 3.77. The van der Waals surface area contributed by atoms with Gasteiger partial charge >= 0.3 is 0 Å². The molecule has 6 nitrogen and oxygen atoms in total. The van der Waals surface area contributed by atoms with Gasteiger partial charge in [0.15, 0.2) is 0 Å². The monoisotopic (exact) mass is 361 g/mol. The molecule has 0 fully saturated rings. The van der Waals surface area contributed by atoms with Crippen molar-refractivity contribution >= 4 is 44.9 Å². The van der Waals surface area contributed by atoms with Gasteiger partial charge in [-0.3, -0.25) is 4.79 Å². The molecule has 0 saturated carbocycles. The van der Waals surface area contributed by atoms with Crippen molar-refractivity contribution < 1.29 is 4.79 Å². The number of nitrogens with zero attached hydrogens (tertiary/aromatic N) is 4. The topological polar surface area (TPSA) is 72.2 Å². The Morgan fingerprint density at radius 1 is 1.30 bits per heavy atom. The zero-order valence-corrected chi connectivity index (χ0v) is 14.4. The molecule has 23 heavy (non-hydrogen) atoms. The number of amides is 1. The maximum atomic E-state index is 12.4. The van der Waals surface area contributed by atoms with Gasteiger partial charge in [0.1, 0.15) is 16.2 Å². The van der Waals surface area contributed by atoms with Crippen molar-refractivity contribution in [1.29, 1.82) is 0 Å². The fourth-order valence-electron chi connectivity index (χ4n) is 2.10. The van der Waals surface area contributed by atoms with Crippen molar-refractivity contribution in [2.24, 2.45) is 0 Å². The standard InChI is InChI=1S/C14H11N5OS3/c1-8(9-5-19-14(18-9)23-7-15-19)16-12(20)10-6-22-13(17-10)11-3-2-4-21-11/h2-8H,1H3,(H,16,20). The lowest BCUT2D eigenvalue weighted by molar-refractivity contribution is 0.0935. The van der Waals surface area contributed by atoms with E-state index in [-0.39, 0.29) is 11.9 Å². The van der Waals surface area contributed by atoms with Crippen LogP contribution in [0.5, 0.6) is 0 Å². The number of aromatic nitrogens is 4. The number of nitrogens with one attached hydrogen (secondary N) is 1. The summed E-state index contributed by atoms with van der Waals surface area (Å²) in [5.74, 6) is -0.194. The largest absolute Gasteiger partial charge is 0.343 e. The predicted octanol–water partition coefficient (Wildman–Crippen LogP) is 3.47. The molecule has 0 radical (unpaired) electrons. The Hall–Kier alpha value is -2.10. The van der Waals surface area contributed by atoms with Crippen LogP contribution in [0.25, 0.3) is 14.8 Å². The van der Waals surface area contributed by atoms with Crippen LogP contribution in [0, 0.1) is 0 Å². The highest BCUT2D eigenvalue weighted by Crippen LogP contribution is 2.28. The van der Waals surface area contributed by atoms with Gasteiger partial charge in [0, 0.05) is 5.38 Å². The lowest BCUT2D eigenvalue weighted by Gasteiger charge is -2.09. The second kappa shape index (κ2) is 5.84. The number of carbonyl (C=O) groups excluding carboxylic acids is 1. The van der Waals surface area contributed by atoms with Crippen molar-refractivity contribution in [3.8, 4) is 9.88 Å². The van der Waals surface area contributed by atoms with E-state index >= 15 is 0 Å². The van der Waals surface area contributed by atoms with E-state index < -0.39 is 0 Å². The first-order valence-electron chi connectivity index (χ1n) is 6.80. The lowest BCUT2D eigenvalue weighted by atomic mass is 10.2. The summed E-state index contributed by atoms with van der Waals surface area (Å²) in [5.41, 5.74) is 2.95. The van der Waals surface area contributed by atoms with E-state index in [2.05, 4.69) is 20.4 Å². The molecule has 4 heterocycles. The van der Waals surface area contributed by atoms with Crippen LogP contribution in [0.3, 0.4) is 0 Å². The summed E-state index contributed by atoms with van der Waals surface area (Å²) in [7, 11) is 0. The Labute approximate surface area is 143 Å². The summed E-state index contributed by atoms with van der Waals surface area (Å²) in [4.78, 5) is 23.1. The van der Waals surface area contributed by atoms with E-state index in [0.717, 1.165) is 20.5 Å². The van der Waals surface area contributed by atoms with Crippen LogP contribution in [0.4, 0.5) is 0 Å².